The Hall–Kier alpha value is -3.03. The fourth-order valence-electron chi connectivity index (χ4n) is 4.00. The molecule has 0 aliphatic rings. The third-order valence-electron chi connectivity index (χ3n) is 5.87. The van der Waals surface area contributed by atoms with Crippen molar-refractivity contribution in [2.45, 2.75) is 26.7 Å². The van der Waals surface area contributed by atoms with Gasteiger partial charge in [-0.25, -0.2) is 9.11 Å². The zero-order valence-electron chi connectivity index (χ0n) is 19.2. The molecule has 5 nitrogen and oxygen atoms in total. The fraction of sp³-hybridized carbons (Fsp3) is 0.269. The van der Waals surface area contributed by atoms with Gasteiger partial charge in [-0.05, 0) is 54.4 Å². The summed E-state index contributed by atoms with van der Waals surface area (Å²) in [6.07, 6.45) is 1.29. The molecule has 0 aromatic heterocycles. The SMILES string of the molecule is CCS(=O)(=O)[NH2+]CC(C)(C)[C@@H](c1ccccc1)c1ccc(Nc2ccc(F)cc2)c(C=N)c1. The molecule has 0 bridgehead atoms. The van der Waals surface area contributed by atoms with E-state index in [2.05, 4.69) is 31.3 Å². The number of hydrogen-bond acceptors (Lipinski definition) is 4. The predicted octanol–water partition coefficient (Wildman–Crippen LogP) is 4.64. The first-order valence-corrected chi connectivity index (χ1v) is 12.6. The molecule has 0 spiro atoms. The molecule has 0 saturated heterocycles. The van der Waals surface area contributed by atoms with Crippen LogP contribution in [-0.2, 0) is 10.0 Å². The van der Waals surface area contributed by atoms with Crippen LogP contribution in [0.25, 0.3) is 0 Å². The number of benzene rings is 3. The number of nitrogens with one attached hydrogen (secondary N) is 2. The lowest BCUT2D eigenvalue weighted by Gasteiger charge is -2.34. The molecule has 7 heteroatoms. The van der Waals surface area contributed by atoms with Crippen LogP contribution in [0.4, 0.5) is 15.8 Å². The second-order valence-electron chi connectivity index (χ2n) is 8.78. The summed E-state index contributed by atoms with van der Waals surface area (Å²) in [5.41, 5.74) is 3.85. The zero-order chi connectivity index (χ0) is 24.1. The monoisotopic (exact) mass is 468 g/mol. The number of anilines is 2. The first-order chi connectivity index (χ1) is 15.6. The van der Waals surface area contributed by atoms with E-state index in [0.29, 0.717) is 12.1 Å². The molecule has 4 N–H and O–H groups in total. The van der Waals surface area contributed by atoms with Crippen LogP contribution >= 0.6 is 0 Å². The molecule has 0 fully saturated rings. The third kappa shape index (κ3) is 6.27. The van der Waals surface area contributed by atoms with Gasteiger partial charge in [-0.2, -0.15) is 8.42 Å². The van der Waals surface area contributed by atoms with Crippen molar-refractivity contribution in [1.82, 2.24) is 0 Å². The number of halogens is 1. The summed E-state index contributed by atoms with van der Waals surface area (Å²) in [7, 11) is -3.21. The summed E-state index contributed by atoms with van der Waals surface area (Å²) in [6, 6.07) is 22.0. The normalized spacial score (nSPS) is 12.8. The van der Waals surface area contributed by atoms with Crippen LogP contribution in [0, 0.1) is 16.6 Å². The Morgan fingerprint density at radius 2 is 1.70 bits per heavy atom. The van der Waals surface area contributed by atoms with Crippen molar-refractivity contribution in [2.75, 3.05) is 17.6 Å². The molecule has 0 heterocycles. The molecule has 0 amide bonds. The summed E-state index contributed by atoms with van der Waals surface area (Å²) in [5, 5.41) is 11.2. The first-order valence-electron chi connectivity index (χ1n) is 10.9. The predicted molar refractivity (Wildman–Crippen MR) is 132 cm³/mol. The molecule has 0 radical (unpaired) electrons. The van der Waals surface area contributed by atoms with Crippen LogP contribution in [0.2, 0.25) is 0 Å². The van der Waals surface area contributed by atoms with E-state index in [1.807, 2.05) is 36.4 Å². The summed E-state index contributed by atoms with van der Waals surface area (Å²) < 4.78 is 39.0. The molecule has 0 saturated carbocycles. The minimum atomic E-state index is -3.21. The van der Waals surface area contributed by atoms with E-state index in [-0.39, 0.29) is 17.5 Å². The number of rotatable bonds is 10. The van der Waals surface area contributed by atoms with Crippen molar-refractivity contribution < 1.29 is 17.5 Å². The molecule has 3 rings (SSSR count). The standard InChI is InChI=1S/C26H30FN3O2S/c1-4-33(31,32)29-18-26(2,3)25(19-8-6-5-7-9-19)20-10-15-24(21(16-20)17-28)30-23-13-11-22(27)12-14-23/h5-17,25,28-30H,4,18H2,1-3H3/p+1/t25-/m0/s1. The van der Waals surface area contributed by atoms with Crippen LogP contribution in [0.1, 0.15) is 43.4 Å². The van der Waals surface area contributed by atoms with Gasteiger partial charge in [0.15, 0.2) is 0 Å². The van der Waals surface area contributed by atoms with Crippen molar-refractivity contribution in [3.05, 3.63) is 95.3 Å². The molecule has 3 aromatic carbocycles. The average molecular weight is 469 g/mol. The minimum Gasteiger partial charge on any atom is -0.355 e. The largest absolute Gasteiger partial charge is 0.355 e. The van der Waals surface area contributed by atoms with E-state index in [9.17, 15) is 12.8 Å². The van der Waals surface area contributed by atoms with E-state index < -0.39 is 15.4 Å². The molecular weight excluding hydrogens is 437 g/mol. The van der Waals surface area contributed by atoms with Gasteiger partial charge in [-0.1, -0.05) is 50.2 Å². The molecule has 0 aliphatic carbocycles. The van der Waals surface area contributed by atoms with Gasteiger partial charge in [-0.15, -0.1) is 0 Å². The highest BCUT2D eigenvalue weighted by Gasteiger charge is 2.35. The van der Waals surface area contributed by atoms with Crippen molar-refractivity contribution in [3.63, 3.8) is 0 Å². The molecule has 33 heavy (non-hydrogen) atoms. The molecule has 3 aromatic rings. The molecule has 174 valence electrons. The maximum absolute atomic E-state index is 13.2. The van der Waals surface area contributed by atoms with Crippen molar-refractivity contribution in [3.8, 4) is 0 Å². The van der Waals surface area contributed by atoms with Gasteiger partial charge in [0, 0.05) is 34.5 Å². The van der Waals surface area contributed by atoms with E-state index in [1.54, 1.807) is 19.1 Å². The summed E-state index contributed by atoms with van der Waals surface area (Å²) >= 11 is 0. The van der Waals surface area contributed by atoms with Gasteiger partial charge < -0.3 is 10.7 Å². The van der Waals surface area contributed by atoms with Gasteiger partial charge in [0.2, 0.25) is 0 Å². The first kappa shape index (κ1) is 24.6. The smallest absolute Gasteiger partial charge is 0.293 e. The Balaban J connectivity index is 1.99. The molecule has 0 aliphatic heterocycles. The van der Waals surface area contributed by atoms with Crippen molar-refractivity contribution in [1.29, 1.82) is 5.41 Å². The van der Waals surface area contributed by atoms with E-state index in [4.69, 9.17) is 5.41 Å². The summed E-state index contributed by atoms with van der Waals surface area (Å²) in [5.74, 6) is -0.306. The second kappa shape index (κ2) is 10.3. The summed E-state index contributed by atoms with van der Waals surface area (Å²) in [4.78, 5) is 0. The number of primary sulfonamides is 1. The number of nitrogens with two attached hydrogens (primary N) is 1. The minimum absolute atomic E-state index is 0.0828. The fourth-order valence-corrected chi connectivity index (χ4v) is 4.92. The van der Waals surface area contributed by atoms with E-state index >= 15 is 0 Å². The molecule has 1 atom stereocenters. The maximum Gasteiger partial charge on any atom is 0.293 e. The highest BCUT2D eigenvalue weighted by atomic mass is 32.2. The third-order valence-corrected chi connectivity index (χ3v) is 7.35. The second-order valence-corrected chi connectivity index (χ2v) is 11.0. The van der Waals surface area contributed by atoms with Gasteiger partial charge >= 0.3 is 0 Å². The Bertz CT molecular complexity index is 1190. The Morgan fingerprint density at radius 1 is 1.03 bits per heavy atom. The lowest BCUT2D eigenvalue weighted by atomic mass is 9.71. The van der Waals surface area contributed by atoms with Gasteiger partial charge in [0.25, 0.3) is 10.0 Å². The van der Waals surface area contributed by atoms with Gasteiger partial charge in [0.05, 0.1) is 12.3 Å². The van der Waals surface area contributed by atoms with E-state index in [1.165, 1.54) is 23.1 Å². The zero-order valence-corrected chi connectivity index (χ0v) is 20.0. The van der Waals surface area contributed by atoms with Crippen LogP contribution in [0.15, 0.2) is 72.8 Å². The Morgan fingerprint density at radius 3 is 2.30 bits per heavy atom. The van der Waals surface area contributed by atoms with Crippen molar-refractivity contribution in [2.24, 2.45) is 5.41 Å². The van der Waals surface area contributed by atoms with Crippen LogP contribution in [-0.4, -0.2) is 26.9 Å². The number of quaternary nitrogens is 1. The number of hydrogen-bond donors (Lipinski definition) is 3. The quantitative estimate of drug-likeness (QED) is 0.379. The van der Waals surface area contributed by atoms with Crippen LogP contribution in [0.3, 0.4) is 0 Å². The Kier molecular flexibility index (Phi) is 7.66. The molecule has 0 unspecified atom stereocenters. The van der Waals surface area contributed by atoms with Crippen molar-refractivity contribution >= 4 is 27.6 Å². The maximum atomic E-state index is 13.2. The highest BCUT2D eigenvalue weighted by Crippen LogP contribution is 2.41. The molecular formula is C26H31FN3O2S+. The van der Waals surface area contributed by atoms with Gasteiger partial charge in [0.1, 0.15) is 5.82 Å². The Labute approximate surface area is 195 Å². The highest BCUT2D eigenvalue weighted by molar-refractivity contribution is 7.84. The van der Waals surface area contributed by atoms with Crippen LogP contribution in [0.5, 0.6) is 0 Å². The number of sulfonamides is 1. The van der Waals surface area contributed by atoms with E-state index in [0.717, 1.165) is 22.5 Å². The van der Waals surface area contributed by atoms with Gasteiger partial charge in [-0.3, -0.25) is 0 Å². The lowest BCUT2D eigenvalue weighted by Crippen LogP contribution is -2.90. The topological polar surface area (TPSA) is 86.6 Å². The average Bonchev–Trinajstić information content (AvgIpc) is 2.81. The summed E-state index contributed by atoms with van der Waals surface area (Å²) in [6.45, 7) is 6.19. The lowest BCUT2D eigenvalue weighted by molar-refractivity contribution is -0.513. The van der Waals surface area contributed by atoms with Crippen LogP contribution < -0.4 is 10.0 Å².